The van der Waals surface area contributed by atoms with Crippen LogP contribution in [0.25, 0.3) is 11.1 Å². The molecule has 1 fully saturated rings. The quantitative estimate of drug-likeness (QED) is 0.490. The van der Waals surface area contributed by atoms with Gasteiger partial charge < -0.3 is 20.1 Å². The number of rotatable bonds is 11. The molecule has 0 radical (unpaired) electrons. The molecule has 4 rings (SSSR count). The predicted molar refractivity (Wildman–Crippen MR) is 133 cm³/mol. The Morgan fingerprint density at radius 2 is 1.66 bits per heavy atom. The van der Waals surface area contributed by atoms with Crippen molar-refractivity contribution in [1.29, 1.82) is 0 Å². The maximum atomic E-state index is 12.4. The molecule has 1 aliphatic carbocycles. The zero-order chi connectivity index (χ0) is 24.8. The Kier molecular flexibility index (Phi) is 8.06. The average molecular weight is 479 g/mol. The SMILES string of the molecule is CCC(CCNC(=O)OCC1c2ccccc2-c2ccccc21)CCC(=O)N1CC(CC(=O)O)C1. The molecule has 7 heteroatoms. The molecule has 2 aromatic carbocycles. The van der Waals surface area contributed by atoms with Crippen molar-refractivity contribution < 1.29 is 24.2 Å². The van der Waals surface area contributed by atoms with Crippen LogP contribution in [0.2, 0.25) is 0 Å². The number of fused-ring (bicyclic) bond motifs is 3. The van der Waals surface area contributed by atoms with Crippen LogP contribution in [-0.2, 0) is 14.3 Å². The molecule has 0 aromatic heterocycles. The Balaban J connectivity index is 1.16. The molecule has 2 amide bonds. The standard InChI is InChI=1S/C28H34N2O5/c1-2-19(11-12-26(31)30-16-20(17-30)15-27(32)33)13-14-29-28(34)35-18-25-23-9-5-3-7-21(23)22-8-4-6-10-24(22)25/h3-10,19-20,25H,2,11-18H2,1H3,(H,29,34)(H,32,33). The first-order chi connectivity index (χ1) is 17.0. The third-order valence-corrected chi connectivity index (χ3v) is 7.28. The number of carbonyl (C=O) groups is 3. The zero-order valence-corrected chi connectivity index (χ0v) is 20.2. The lowest BCUT2D eigenvalue weighted by molar-refractivity contribution is -0.145. The average Bonchev–Trinajstić information content (AvgIpc) is 3.15. The van der Waals surface area contributed by atoms with Crippen LogP contribution in [0.4, 0.5) is 4.79 Å². The third-order valence-electron chi connectivity index (χ3n) is 7.28. The van der Waals surface area contributed by atoms with Crippen molar-refractivity contribution in [3.8, 4) is 11.1 Å². The second-order valence-electron chi connectivity index (χ2n) is 9.62. The van der Waals surface area contributed by atoms with Crippen LogP contribution >= 0.6 is 0 Å². The molecule has 1 aliphatic heterocycles. The summed E-state index contributed by atoms with van der Waals surface area (Å²) in [7, 11) is 0. The highest BCUT2D eigenvalue weighted by Gasteiger charge is 2.32. The van der Waals surface area contributed by atoms with Gasteiger partial charge in [0.15, 0.2) is 0 Å². The predicted octanol–water partition coefficient (Wildman–Crippen LogP) is 4.65. The van der Waals surface area contributed by atoms with E-state index in [1.165, 1.54) is 22.3 Å². The van der Waals surface area contributed by atoms with E-state index in [9.17, 15) is 14.4 Å². The Hall–Kier alpha value is -3.35. The van der Waals surface area contributed by atoms with Gasteiger partial charge in [-0.05, 0) is 41.0 Å². The number of benzene rings is 2. The van der Waals surface area contributed by atoms with E-state index in [1.807, 2.05) is 24.3 Å². The summed E-state index contributed by atoms with van der Waals surface area (Å²) in [5, 5.41) is 11.7. The second-order valence-corrected chi connectivity index (χ2v) is 9.62. The van der Waals surface area contributed by atoms with Gasteiger partial charge in [0.1, 0.15) is 6.61 Å². The van der Waals surface area contributed by atoms with E-state index >= 15 is 0 Å². The molecule has 1 saturated heterocycles. The van der Waals surface area contributed by atoms with Crippen LogP contribution in [0.5, 0.6) is 0 Å². The van der Waals surface area contributed by atoms with Gasteiger partial charge in [0.25, 0.3) is 0 Å². The minimum absolute atomic E-state index is 0.0409. The highest BCUT2D eigenvalue weighted by Crippen LogP contribution is 2.44. The molecule has 1 heterocycles. The fourth-order valence-corrected chi connectivity index (χ4v) is 5.22. The van der Waals surface area contributed by atoms with Crippen molar-refractivity contribution in [1.82, 2.24) is 10.2 Å². The van der Waals surface area contributed by atoms with E-state index in [1.54, 1.807) is 4.90 Å². The molecule has 2 aliphatic rings. The van der Waals surface area contributed by atoms with Gasteiger partial charge in [0.05, 0.1) is 6.42 Å². The van der Waals surface area contributed by atoms with E-state index in [4.69, 9.17) is 9.84 Å². The third kappa shape index (κ3) is 6.02. The van der Waals surface area contributed by atoms with Crippen molar-refractivity contribution in [2.24, 2.45) is 11.8 Å². The van der Waals surface area contributed by atoms with Crippen molar-refractivity contribution in [2.75, 3.05) is 26.2 Å². The molecule has 35 heavy (non-hydrogen) atoms. The number of alkyl carbamates (subject to hydrolysis) is 1. The van der Waals surface area contributed by atoms with Crippen LogP contribution in [0.1, 0.15) is 56.1 Å². The van der Waals surface area contributed by atoms with Crippen molar-refractivity contribution in [3.63, 3.8) is 0 Å². The van der Waals surface area contributed by atoms with Crippen LogP contribution in [0.15, 0.2) is 48.5 Å². The number of ether oxygens (including phenoxy) is 1. The molecule has 0 spiro atoms. The maximum Gasteiger partial charge on any atom is 0.407 e. The number of carboxylic acids is 1. The molecule has 0 bridgehead atoms. The van der Waals surface area contributed by atoms with Gasteiger partial charge >= 0.3 is 12.1 Å². The monoisotopic (exact) mass is 478 g/mol. The molecule has 186 valence electrons. The van der Waals surface area contributed by atoms with E-state index in [2.05, 4.69) is 36.5 Å². The Morgan fingerprint density at radius 3 is 2.26 bits per heavy atom. The van der Waals surface area contributed by atoms with Crippen molar-refractivity contribution >= 4 is 18.0 Å². The van der Waals surface area contributed by atoms with E-state index in [0.29, 0.717) is 38.6 Å². The van der Waals surface area contributed by atoms with Gasteiger partial charge in [-0.3, -0.25) is 9.59 Å². The largest absolute Gasteiger partial charge is 0.481 e. The van der Waals surface area contributed by atoms with Gasteiger partial charge in [0, 0.05) is 37.9 Å². The van der Waals surface area contributed by atoms with Crippen molar-refractivity contribution in [2.45, 2.75) is 44.9 Å². The first-order valence-corrected chi connectivity index (χ1v) is 12.5. The van der Waals surface area contributed by atoms with E-state index < -0.39 is 12.1 Å². The normalized spacial score (nSPS) is 15.6. The number of hydrogen-bond acceptors (Lipinski definition) is 4. The number of nitrogens with one attached hydrogen (secondary N) is 1. The zero-order valence-electron chi connectivity index (χ0n) is 20.2. The van der Waals surface area contributed by atoms with Crippen LogP contribution in [-0.4, -0.2) is 54.2 Å². The summed E-state index contributed by atoms with van der Waals surface area (Å²) < 4.78 is 5.59. The van der Waals surface area contributed by atoms with Crippen molar-refractivity contribution in [3.05, 3.63) is 59.7 Å². The molecule has 7 nitrogen and oxygen atoms in total. The Labute approximate surface area is 206 Å². The number of likely N-dealkylation sites (tertiary alicyclic amines) is 1. The Bertz CT molecular complexity index is 1020. The minimum atomic E-state index is -0.808. The summed E-state index contributed by atoms with van der Waals surface area (Å²) in [6.45, 7) is 3.99. The number of nitrogens with zero attached hydrogens (tertiary/aromatic N) is 1. The highest BCUT2D eigenvalue weighted by molar-refractivity contribution is 5.79. The second kappa shape index (κ2) is 11.4. The molecular weight excluding hydrogens is 444 g/mol. The number of aliphatic carboxylic acids is 1. The lowest BCUT2D eigenvalue weighted by Gasteiger charge is -2.38. The summed E-state index contributed by atoms with van der Waals surface area (Å²) in [6, 6.07) is 16.5. The van der Waals surface area contributed by atoms with E-state index in [-0.39, 0.29) is 24.2 Å². The van der Waals surface area contributed by atoms with Gasteiger partial charge in [-0.15, -0.1) is 0 Å². The summed E-state index contributed by atoms with van der Waals surface area (Å²) in [5.74, 6) is -0.255. The Morgan fingerprint density at radius 1 is 1.03 bits per heavy atom. The van der Waals surface area contributed by atoms with Gasteiger partial charge in [-0.2, -0.15) is 0 Å². The fraction of sp³-hybridized carbons (Fsp3) is 0.464. The van der Waals surface area contributed by atoms with Crippen LogP contribution in [0, 0.1) is 11.8 Å². The molecular formula is C28H34N2O5. The summed E-state index contributed by atoms with van der Waals surface area (Å²) in [5.41, 5.74) is 4.78. The topological polar surface area (TPSA) is 95.9 Å². The van der Waals surface area contributed by atoms with Gasteiger partial charge in [-0.25, -0.2) is 4.79 Å². The lowest BCUT2D eigenvalue weighted by atomic mass is 9.93. The number of amides is 2. The molecule has 2 N–H and O–H groups in total. The summed E-state index contributed by atoms with van der Waals surface area (Å²) >= 11 is 0. The van der Waals surface area contributed by atoms with Crippen LogP contribution in [0.3, 0.4) is 0 Å². The summed E-state index contributed by atoms with van der Waals surface area (Å²) in [4.78, 5) is 37.2. The minimum Gasteiger partial charge on any atom is -0.481 e. The number of carbonyl (C=O) groups excluding carboxylic acids is 2. The molecule has 2 aromatic rings. The summed E-state index contributed by atoms with van der Waals surface area (Å²) in [6.07, 6.45) is 2.66. The first kappa shape index (κ1) is 24.8. The van der Waals surface area contributed by atoms with Gasteiger partial charge in [-0.1, -0.05) is 61.9 Å². The van der Waals surface area contributed by atoms with E-state index in [0.717, 1.165) is 19.3 Å². The fourth-order valence-electron chi connectivity index (χ4n) is 5.22. The molecule has 0 saturated carbocycles. The smallest absolute Gasteiger partial charge is 0.407 e. The number of hydrogen-bond donors (Lipinski definition) is 2. The highest BCUT2D eigenvalue weighted by atomic mass is 16.5. The lowest BCUT2D eigenvalue weighted by Crippen LogP contribution is -2.50. The van der Waals surface area contributed by atoms with Crippen LogP contribution < -0.4 is 5.32 Å². The molecule has 1 atom stereocenters. The maximum absolute atomic E-state index is 12.4. The number of carboxylic acid groups (broad SMARTS) is 1. The van der Waals surface area contributed by atoms with Gasteiger partial charge in [0.2, 0.25) is 5.91 Å². The molecule has 1 unspecified atom stereocenters. The first-order valence-electron chi connectivity index (χ1n) is 12.5.